The molecule has 188 valence electrons. The van der Waals surface area contributed by atoms with Crippen LogP contribution >= 0.6 is 0 Å². The lowest BCUT2D eigenvalue weighted by molar-refractivity contribution is 0.0184. The Labute approximate surface area is 208 Å². The number of likely N-dealkylation sites (tertiary alicyclic amines) is 1. The molecule has 5 heterocycles. The number of amides is 2. The molecule has 36 heavy (non-hydrogen) atoms. The third-order valence-corrected chi connectivity index (χ3v) is 5.95. The number of nitrogens with zero attached hydrogens (tertiary/aromatic N) is 7. The number of piperidine rings is 1. The molecule has 1 aliphatic heterocycles. The summed E-state index contributed by atoms with van der Waals surface area (Å²) in [5.74, 6) is 0.127. The summed E-state index contributed by atoms with van der Waals surface area (Å²) < 4.78 is 11.0. The van der Waals surface area contributed by atoms with Crippen LogP contribution < -0.4 is 5.32 Å². The van der Waals surface area contributed by atoms with Crippen LogP contribution in [0.4, 0.5) is 10.6 Å². The number of anilines is 1. The molecule has 4 aromatic heterocycles. The van der Waals surface area contributed by atoms with Gasteiger partial charge in [0, 0.05) is 43.9 Å². The summed E-state index contributed by atoms with van der Waals surface area (Å²) in [5, 5.41) is 11.7. The van der Waals surface area contributed by atoms with Gasteiger partial charge in [0.2, 0.25) is 0 Å². The standard InChI is InChI=1S/C25H30N8O3/c1-25(2,3)36-24(35)30-12-7-19(8-13-30)33-15-9-20(28-33)23(34)27-21-10-14-32(29-21)17-18-16-31-11-5-4-6-22(31)26-18/h4-6,9-11,14-16,19H,7-8,12-13,17H2,1-3H3,(H,27,29,34). The van der Waals surface area contributed by atoms with Crippen molar-refractivity contribution in [3.8, 4) is 0 Å². The minimum Gasteiger partial charge on any atom is -0.444 e. The molecule has 4 aromatic rings. The Morgan fingerprint density at radius 2 is 1.86 bits per heavy atom. The van der Waals surface area contributed by atoms with E-state index in [1.165, 1.54) is 0 Å². The Morgan fingerprint density at radius 3 is 2.61 bits per heavy atom. The van der Waals surface area contributed by atoms with Gasteiger partial charge < -0.3 is 19.4 Å². The van der Waals surface area contributed by atoms with Crippen molar-refractivity contribution in [2.45, 2.75) is 51.8 Å². The van der Waals surface area contributed by atoms with E-state index in [0.29, 0.717) is 31.1 Å². The van der Waals surface area contributed by atoms with Crippen molar-refractivity contribution in [3.05, 3.63) is 66.5 Å². The Kier molecular flexibility index (Phi) is 6.21. The van der Waals surface area contributed by atoms with Crippen LogP contribution in [-0.2, 0) is 11.3 Å². The van der Waals surface area contributed by atoms with E-state index in [-0.39, 0.29) is 18.0 Å². The molecule has 1 fully saturated rings. The summed E-state index contributed by atoms with van der Waals surface area (Å²) in [5.41, 5.74) is 1.56. The molecule has 1 N–H and O–H groups in total. The zero-order chi connectivity index (χ0) is 25.3. The number of carbonyl (C=O) groups excluding carboxylic acids is 2. The number of hydrogen-bond acceptors (Lipinski definition) is 6. The molecule has 11 heteroatoms. The number of ether oxygens (including phenoxy) is 1. The Morgan fingerprint density at radius 1 is 1.06 bits per heavy atom. The number of imidazole rings is 1. The number of nitrogens with one attached hydrogen (secondary N) is 1. The first-order chi connectivity index (χ1) is 17.2. The van der Waals surface area contributed by atoms with Crippen LogP contribution in [0.5, 0.6) is 0 Å². The van der Waals surface area contributed by atoms with Crippen LogP contribution in [0.3, 0.4) is 0 Å². The Hall–Kier alpha value is -4.15. The highest BCUT2D eigenvalue weighted by molar-refractivity contribution is 6.02. The van der Waals surface area contributed by atoms with Crippen LogP contribution in [0.25, 0.3) is 5.65 Å². The normalized spacial score (nSPS) is 14.8. The molecule has 0 saturated carbocycles. The molecule has 0 bridgehead atoms. The summed E-state index contributed by atoms with van der Waals surface area (Å²) in [7, 11) is 0. The number of fused-ring (bicyclic) bond motifs is 1. The number of hydrogen-bond donors (Lipinski definition) is 1. The molecule has 0 atom stereocenters. The van der Waals surface area contributed by atoms with E-state index in [1.807, 2.05) is 66.6 Å². The van der Waals surface area contributed by atoms with Crippen LogP contribution in [-0.4, -0.2) is 64.5 Å². The van der Waals surface area contributed by atoms with Gasteiger partial charge in [-0.3, -0.25) is 14.2 Å². The van der Waals surface area contributed by atoms with Crippen LogP contribution in [0.2, 0.25) is 0 Å². The second-order valence-electron chi connectivity index (χ2n) is 9.93. The van der Waals surface area contributed by atoms with Gasteiger partial charge in [-0.05, 0) is 51.8 Å². The van der Waals surface area contributed by atoms with E-state index in [2.05, 4.69) is 20.5 Å². The Balaban J connectivity index is 1.15. The highest BCUT2D eigenvalue weighted by Gasteiger charge is 2.28. The zero-order valence-electron chi connectivity index (χ0n) is 20.7. The first-order valence-electron chi connectivity index (χ1n) is 12.0. The van der Waals surface area contributed by atoms with Gasteiger partial charge >= 0.3 is 6.09 Å². The van der Waals surface area contributed by atoms with Crippen LogP contribution in [0, 0.1) is 0 Å². The van der Waals surface area contributed by atoms with E-state index >= 15 is 0 Å². The van der Waals surface area contributed by atoms with Crippen molar-refractivity contribution < 1.29 is 14.3 Å². The van der Waals surface area contributed by atoms with Gasteiger partial charge in [0.05, 0.1) is 18.3 Å². The van der Waals surface area contributed by atoms with E-state index in [0.717, 1.165) is 24.2 Å². The number of pyridine rings is 1. The summed E-state index contributed by atoms with van der Waals surface area (Å²) in [6, 6.07) is 9.41. The molecule has 0 spiro atoms. The maximum absolute atomic E-state index is 12.7. The van der Waals surface area contributed by atoms with Gasteiger partial charge in [0.1, 0.15) is 11.2 Å². The minimum absolute atomic E-state index is 0.120. The summed E-state index contributed by atoms with van der Waals surface area (Å²) in [4.78, 5) is 31.3. The van der Waals surface area contributed by atoms with Gasteiger partial charge in [-0.15, -0.1) is 0 Å². The molecule has 0 radical (unpaired) electrons. The third kappa shape index (κ3) is 5.40. The SMILES string of the molecule is CC(C)(C)OC(=O)N1CCC(n2ccc(C(=O)Nc3ccn(Cc4cn5ccccc5n4)n3)n2)CC1. The van der Waals surface area contributed by atoms with E-state index in [9.17, 15) is 9.59 Å². The lowest BCUT2D eigenvalue weighted by Gasteiger charge is -2.33. The average Bonchev–Trinajstić information content (AvgIpc) is 3.58. The minimum atomic E-state index is -0.512. The summed E-state index contributed by atoms with van der Waals surface area (Å²) in [6.07, 6.45) is 8.72. The van der Waals surface area contributed by atoms with E-state index in [4.69, 9.17) is 4.74 Å². The van der Waals surface area contributed by atoms with Crippen molar-refractivity contribution in [3.63, 3.8) is 0 Å². The predicted octanol–water partition coefficient (Wildman–Crippen LogP) is 3.60. The summed E-state index contributed by atoms with van der Waals surface area (Å²) in [6.45, 7) is 7.25. The number of rotatable bonds is 5. The molecule has 0 aromatic carbocycles. The Bertz CT molecular complexity index is 1340. The van der Waals surface area contributed by atoms with Crippen LogP contribution in [0.1, 0.15) is 55.8 Å². The molecular formula is C25H30N8O3. The average molecular weight is 491 g/mol. The van der Waals surface area contributed by atoms with Gasteiger partial charge in [-0.25, -0.2) is 9.78 Å². The topological polar surface area (TPSA) is 112 Å². The molecule has 1 aliphatic rings. The molecule has 11 nitrogen and oxygen atoms in total. The highest BCUT2D eigenvalue weighted by atomic mass is 16.6. The number of aromatic nitrogens is 6. The maximum Gasteiger partial charge on any atom is 0.410 e. The fourth-order valence-electron chi connectivity index (χ4n) is 4.23. The van der Waals surface area contributed by atoms with Gasteiger partial charge in [-0.1, -0.05) is 6.07 Å². The van der Waals surface area contributed by atoms with E-state index in [1.54, 1.807) is 27.9 Å². The predicted molar refractivity (Wildman–Crippen MR) is 133 cm³/mol. The molecule has 0 aliphatic carbocycles. The van der Waals surface area contributed by atoms with E-state index < -0.39 is 5.60 Å². The van der Waals surface area contributed by atoms with Crippen molar-refractivity contribution in [2.24, 2.45) is 0 Å². The van der Waals surface area contributed by atoms with Gasteiger partial charge in [0.15, 0.2) is 11.5 Å². The second-order valence-corrected chi connectivity index (χ2v) is 9.93. The van der Waals surface area contributed by atoms with Gasteiger partial charge in [0.25, 0.3) is 5.91 Å². The quantitative estimate of drug-likeness (QED) is 0.458. The molecule has 2 amide bonds. The molecular weight excluding hydrogens is 460 g/mol. The lowest BCUT2D eigenvalue weighted by Crippen LogP contribution is -2.42. The molecule has 1 saturated heterocycles. The second kappa shape index (κ2) is 9.48. The number of carbonyl (C=O) groups is 2. The van der Waals surface area contributed by atoms with Crippen molar-refractivity contribution in [1.82, 2.24) is 33.8 Å². The largest absolute Gasteiger partial charge is 0.444 e. The van der Waals surface area contributed by atoms with Crippen molar-refractivity contribution in [2.75, 3.05) is 18.4 Å². The lowest BCUT2D eigenvalue weighted by atomic mass is 10.1. The third-order valence-electron chi connectivity index (χ3n) is 5.95. The van der Waals surface area contributed by atoms with Gasteiger partial charge in [-0.2, -0.15) is 10.2 Å². The van der Waals surface area contributed by atoms with Crippen LogP contribution in [0.15, 0.2) is 55.1 Å². The molecule has 5 rings (SSSR count). The fraction of sp³-hybridized carbons (Fsp3) is 0.400. The first-order valence-corrected chi connectivity index (χ1v) is 12.0. The zero-order valence-corrected chi connectivity index (χ0v) is 20.7. The summed E-state index contributed by atoms with van der Waals surface area (Å²) >= 11 is 0. The smallest absolute Gasteiger partial charge is 0.410 e. The first kappa shape index (κ1) is 23.6. The highest BCUT2D eigenvalue weighted by Crippen LogP contribution is 2.23. The molecule has 0 unspecified atom stereocenters. The fourth-order valence-corrected chi connectivity index (χ4v) is 4.23. The monoisotopic (exact) mass is 490 g/mol. The maximum atomic E-state index is 12.7. The van der Waals surface area contributed by atoms with Crippen molar-refractivity contribution in [1.29, 1.82) is 0 Å². The van der Waals surface area contributed by atoms with Crippen molar-refractivity contribution >= 4 is 23.5 Å².